The molecule has 1 fully saturated rings. The molecule has 4 heteroatoms. The van der Waals surface area contributed by atoms with Crippen LogP contribution >= 0.6 is 11.3 Å². The topological polar surface area (TPSA) is 25.2 Å². The van der Waals surface area contributed by atoms with Crippen molar-refractivity contribution in [1.82, 2.24) is 9.47 Å². The second kappa shape index (κ2) is 4.43. The minimum Gasteiger partial charge on any atom is -0.337 e. The zero-order valence-electron chi connectivity index (χ0n) is 10.8. The van der Waals surface area contributed by atoms with Gasteiger partial charge in [0.25, 0.3) is 5.91 Å². The molecule has 0 unspecified atom stereocenters. The van der Waals surface area contributed by atoms with E-state index in [9.17, 15) is 4.79 Å². The Bertz CT molecular complexity index is 576. The molecule has 18 heavy (non-hydrogen) atoms. The average Bonchev–Trinajstić information content (AvgIpc) is 3.03. The quantitative estimate of drug-likeness (QED) is 0.813. The molecule has 1 aliphatic heterocycles. The molecule has 3 heterocycles. The summed E-state index contributed by atoms with van der Waals surface area (Å²) in [4.78, 5) is 14.5. The Balaban J connectivity index is 2.07. The fraction of sp³-hybridized carbons (Fsp3) is 0.500. The number of carbonyl (C=O) groups excluding carboxylic acids is 1. The average molecular weight is 262 g/mol. The zero-order valence-corrected chi connectivity index (χ0v) is 11.7. The standard InChI is InChI=1S/C14H18N2OS/c1-10(2)16-11-5-8-18-13(11)9-12(16)14(17)15-6-3-4-7-15/h5,8-10H,3-4,6-7H2,1-2H3. The van der Waals surface area contributed by atoms with Crippen LogP contribution in [0.1, 0.15) is 43.2 Å². The van der Waals surface area contributed by atoms with Gasteiger partial charge in [-0.1, -0.05) is 0 Å². The molecule has 0 radical (unpaired) electrons. The summed E-state index contributed by atoms with van der Waals surface area (Å²) in [5, 5.41) is 2.09. The summed E-state index contributed by atoms with van der Waals surface area (Å²) in [6.45, 7) is 6.10. The van der Waals surface area contributed by atoms with Gasteiger partial charge in [0, 0.05) is 19.1 Å². The number of likely N-dealkylation sites (tertiary alicyclic amines) is 1. The molecule has 3 nitrogen and oxygen atoms in total. The van der Waals surface area contributed by atoms with Gasteiger partial charge in [-0.2, -0.15) is 0 Å². The summed E-state index contributed by atoms with van der Waals surface area (Å²) in [6, 6.07) is 4.49. The van der Waals surface area contributed by atoms with Gasteiger partial charge in [-0.3, -0.25) is 4.79 Å². The van der Waals surface area contributed by atoms with Crippen LogP contribution in [-0.4, -0.2) is 28.5 Å². The number of thiophene rings is 1. The maximum Gasteiger partial charge on any atom is 0.270 e. The summed E-state index contributed by atoms with van der Waals surface area (Å²) in [5.41, 5.74) is 2.05. The number of hydrogen-bond acceptors (Lipinski definition) is 2. The van der Waals surface area contributed by atoms with E-state index in [-0.39, 0.29) is 5.91 Å². The number of nitrogens with zero attached hydrogens (tertiary/aromatic N) is 2. The van der Waals surface area contributed by atoms with E-state index in [1.54, 1.807) is 11.3 Å². The van der Waals surface area contributed by atoms with Crippen molar-refractivity contribution in [3.05, 3.63) is 23.2 Å². The van der Waals surface area contributed by atoms with Crippen LogP contribution in [0.25, 0.3) is 10.2 Å². The molecule has 0 aliphatic carbocycles. The molecule has 1 saturated heterocycles. The second-order valence-corrected chi connectivity index (χ2v) is 6.11. The van der Waals surface area contributed by atoms with E-state index in [0.717, 1.165) is 31.6 Å². The van der Waals surface area contributed by atoms with E-state index in [1.165, 1.54) is 10.2 Å². The van der Waals surface area contributed by atoms with Crippen molar-refractivity contribution in [3.63, 3.8) is 0 Å². The van der Waals surface area contributed by atoms with Crippen LogP contribution < -0.4 is 0 Å². The van der Waals surface area contributed by atoms with Crippen molar-refractivity contribution < 1.29 is 4.79 Å². The van der Waals surface area contributed by atoms with Gasteiger partial charge < -0.3 is 9.47 Å². The van der Waals surface area contributed by atoms with Gasteiger partial charge >= 0.3 is 0 Å². The summed E-state index contributed by atoms with van der Waals surface area (Å²) in [6.07, 6.45) is 2.28. The van der Waals surface area contributed by atoms with E-state index in [1.807, 2.05) is 4.90 Å². The highest BCUT2D eigenvalue weighted by Gasteiger charge is 2.24. The summed E-state index contributed by atoms with van der Waals surface area (Å²) in [5.74, 6) is 0.199. The Hall–Kier alpha value is -1.29. The van der Waals surface area contributed by atoms with E-state index in [2.05, 4.69) is 35.9 Å². The van der Waals surface area contributed by atoms with Crippen molar-refractivity contribution >= 4 is 27.5 Å². The summed E-state index contributed by atoms with van der Waals surface area (Å²) < 4.78 is 3.39. The van der Waals surface area contributed by atoms with Gasteiger partial charge in [-0.15, -0.1) is 11.3 Å². The van der Waals surface area contributed by atoms with Crippen LogP contribution in [0.15, 0.2) is 17.5 Å². The Labute approximate surface area is 111 Å². The minimum atomic E-state index is 0.199. The molecule has 0 saturated carbocycles. The maximum absolute atomic E-state index is 12.5. The first-order valence-electron chi connectivity index (χ1n) is 6.56. The molecule has 96 valence electrons. The third-order valence-corrected chi connectivity index (χ3v) is 4.44. The molecule has 1 aliphatic rings. The van der Waals surface area contributed by atoms with Crippen LogP contribution in [0.4, 0.5) is 0 Å². The maximum atomic E-state index is 12.5. The van der Waals surface area contributed by atoms with Gasteiger partial charge in [0.05, 0.1) is 10.2 Å². The van der Waals surface area contributed by atoms with Crippen molar-refractivity contribution in [2.24, 2.45) is 0 Å². The molecule has 0 bridgehead atoms. The number of hydrogen-bond donors (Lipinski definition) is 0. The lowest BCUT2D eigenvalue weighted by molar-refractivity contribution is 0.0781. The molecule has 0 spiro atoms. The predicted molar refractivity (Wildman–Crippen MR) is 75.3 cm³/mol. The van der Waals surface area contributed by atoms with Crippen LogP contribution in [0, 0.1) is 0 Å². The Morgan fingerprint density at radius 1 is 1.33 bits per heavy atom. The molecule has 3 rings (SSSR count). The van der Waals surface area contributed by atoms with Crippen molar-refractivity contribution in [2.75, 3.05) is 13.1 Å². The number of carbonyl (C=O) groups is 1. The molecule has 1 amide bonds. The van der Waals surface area contributed by atoms with E-state index in [4.69, 9.17) is 0 Å². The molecular formula is C14H18N2OS. The number of aromatic nitrogens is 1. The minimum absolute atomic E-state index is 0.199. The SMILES string of the molecule is CC(C)n1c(C(=O)N2CCCC2)cc2sccc21. The van der Waals surface area contributed by atoms with E-state index in [0.29, 0.717) is 6.04 Å². The molecule has 0 atom stereocenters. The van der Waals surface area contributed by atoms with Crippen LogP contribution in [0.3, 0.4) is 0 Å². The lowest BCUT2D eigenvalue weighted by Crippen LogP contribution is -2.29. The smallest absolute Gasteiger partial charge is 0.270 e. The van der Waals surface area contributed by atoms with Crippen LogP contribution in [-0.2, 0) is 0 Å². The summed E-state index contributed by atoms with van der Waals surface area (Å²) in [7, 11) is 0. The normalized spacial score (nSPS) is 16.1. The monoisotopic (exact) mass is 262 g/mol. The highest BCUT2D eigenvalue weighted by molar-refractivity contribution is 7.17. The fourth-order valence-corrected chi connectivity index (χ4v) is 3.56. The molecular weight excluding hydrogens is 244 g/mol. The first-order valence-corrected chi connectivity index (χ1v) is 7.44. The third-order valence-electron chi connectivity index (χ3n) is 3.59. The van der Waals surface area contributed by atoms with E-state index >= 15 is 0 Å². The summed E-state index contributed by atoms with van der Waals surface area (Å²) >= 11 is 1.71. The van der Waals surface area contributed by atoms with Crippen LogP contribution in [0.2, 0.25) is 0 Å². The molecule has 0 aromatic carbocycles. The number of amides is 1. The fourth-order valence-electron chi connectivity index (χ4n) is 2.75. The zero-order chi connectivity index (χ0) is 12.7. The number of rotatable bonds is 2. The van der Waals surface area contributed by atoms with Crippen molar-refractivity contribution in [1.29, 1.82) is 0 Å². The highest BCUT2D eigenvalue weighted by Crippen LogP contribution is 2.29. The third kappa shape index (κ3) is 1.75. The number of fused-ring (bicyclic) bond motifs is 1. The molecule has 2 aromatic heterocycles. The van der Waals surface area contributed by atoms with Crippen molar-refractivity contribution in [3.8, 4) is 0 Å². The Morgan fingerprint density at radius 2 is 2.06 bits per heavy atom. The molecule has 2 aromatic rings. The highest BCUT2D eigenvalue weighted by atomic mass is 32.1. The van der Waals surface area contributed by atoms with E-state index < -0.39 is 0 Å². The van der Waals surface area contributed by atoms with Crippen molar-refractivity contribution in [2.45, 2.75) is 32.7 Å². The molecule has 0 N–H and O–H groups in total. The van der Waals surface area contributed by atoms with Gasteiger partial charge in [-0.25, -0.2) is 0 Å². The Morgan fingerprint density at radius 3 is 2.72 bits per heavy atom. The second-order valence-electron chi connectivity index (χ2n) is 5.16. The lowest BCUT2D eigenvalue weighted by atomic mass is 10.3. The lowest BCUT2D eigenvalue weighted by Gasteiger charge is -2.19. The largest absolute Gasteiger partial charge is 0.337 e. The van der Waals surface area contributed by atoms with Gasteiger partial charge in [-0.05, 0) is 44.2 Å². The van der Waals surface area contributed by atoms with Gasteiger partial charge in [0.2, 0.25) is 0 Å². The first-order chi connectivity index (χ1) is 8.68. The predicted octanol–water partition coefficient (Wildman–Crippen LogP) is 3.52. The Kier molecular flexibility index (Phi) is 2.90. The first kappa shape index (κ1) is 11.8. The van der Waals surface area contributed by atoms with Gasteiger partial charge in [0.15, 0.2) is 0 Å². The van der Waals surface area contributed by atoms with Gasteiger partial charge in [0.1, 0.15) is 5.69 Å². The van der Waals surface area contributed by atoms with Crippen LogP contribution in [0.5, 0.6) is 0 Å².